The SMILES string of the molecule is CC(=O)c1cccc(NC(=O)COC(=O)c2ccc(N3C(=O)[C@H]4[C@H]5CC[C@@H](C5)[C@@H]4C3=O)cc2)c1. The number of imide groups is 1. The second-order valence-electron chi connectivity index (χ2n) is 9.20. The first-order chi connectivity index (χ1) is 16.3. The van der Waals surface area contributed by atoms with Gasteiger partial charge in [-0.3, -0.25) is 24.1 Å². The predicted molar refractivity (Wildman–Crippen MR) is 122 cm³/mol. The van der Waals surface area contributed by atoms with Gasteiger partial charge in [0.2, 0.25) is 11.8 Å². The monoisotopic (exact) mass is 460 g/mol. The Morgan fingerprint density at radius 1 is 0.941 bits per heavy atom. The average Bonchev–Trinajstić information content (AvgIpc) is 3.51. The van der Waals surface area contributed by atoms with Crippen LogP contribution in [0.3, 0.4) is 0 Å². The third-order valence-electron chi connectivity index (χ3n) is 7.18. The molecule has 2 aromatic rings. The minimum absolute atomic E-state index is 0.126. The van der Waals surface area contributed by atoms with Gasteiger partial charge in [0.1, 0.15) is 0 Å². The highest BCUT2D eigenvalue weighted by atomic mass is 16.5. The van der Waals surface area contributed by atoms with Crippen LogP contribution >= 0.6 is 0 Å². The van der Waals surface area contributed by atoms with Crippen molar-refractivity contribution in [3.63, 3.8) is 0 Å². The molecule has 2 aromatic carbocycles. The number of benzene rings is 2. The van der Waals surface area contributed by atoms with Crippen molar-refractivity contribution in [1.82, 2.24) is 0 Å². The molecule has 0 aromatic heterocycles. The molecule has 174 valence electrons. The van der Waals surface area contributed by atoms with Crippen LogP contribution in [0.5, 0.6) is 0 Å². The maximum absolute atomic E-state index is 12.9. The Bertz CT molecular complexity index is 1180. The summed E-state index contributed by atoms with van der Waals surface area (Å²) in [5, 5.41) is 2.58. The van der Waals surface area contributed by atoms with Gasteiger partial charge >= 0.3 is 5.97 Å². The number of ether oxygens (including phenoxy) is 1. The Morgan fingerprint density at radius 3 is 2.21 bits per heavy atom. The van der Waals surface area contributed by atoms with Crippen molar-refractivity contribution in [1.29, 1.82) is 0 Å². The number of fused-ring (bicyclic) bond motifs is 5. The van der Waals surface area contributed by atoms with Crippen molar-refractivity contribution in [2.24, 2.45) is 23.7 Å². The molecule has 2 saturated carbocycles. The van der Waals surface area contributed by atoms with Crippen LogP contribution in [0.4, 0.5) is 11.4 Å². The van der Waals surface area contributed by atoms with Crippen LogP contribution in [0.15, 0.2) is 48.5 Å². The van der Waals surface area contributed by atoms with E-state index in [2.05, 4.69) is 5.32 Å². The second-order valence-corrected chi connectivity index (χ2v) is 9.20. The Hall–Kier alpha value is -3.81. The zero-order chi connectivity index (χ0) is 24.0. The lowest BCUT2D eigenvalue weighted by molar-refractivity contribution is -0.123. The van der Waals surface area contributed by atoms with Gasteiger partial charge in [0.05, 0.1) is 23.1 Å². The number of rotatable bonds is 6. The molecular weight excluding hydrogens is 436 g/mol. The van der Waals surface area contributed by atoms with Crippen molar-refractivity contribution >= 4 is 40.8 Å². The van der Waals surface area contributed by atoms with Crippen LogP contribution in [-0.2, 0) is 19.1 Å². The third kappa shape index (κ3) is 3.79. The number of anilines is 2. The third-order valence-corrected chi connectivity index (χ3v) is 7.18. The fourth-order valence-corrected chi connectivity index (χ4v) is 5.64. The summed E-state index contributed by atoms with van der Waals surface area (Å²) in [4.78, 5) is 63.1. The van der Waals surface area contributed by atoms with E-state index in [0.29, 0.717) is 28.8 Å². The van der Waals surface area contributed by atoms with Crippen LogP contribution in [0, 0.1) is 23.7 Å². The standard InChI is InChI=1S/C26H24N2O6/c1-14(29)16-3-2-4-19(12-16)27-21(30)13-34-26(33)15-7-9-20(10-8-15)28-24(31)22-17-5-6-18(11-17)23(22)25(28)32/h2-4,7-10,12,17-18,22-23H,5-6,11,13H2,1H3,(H,27,30)/t17-,18-,22-,23-/m0/s1. The number of amides is 3. The number of Topliss-reactive ketones (excluding diaryl/α,β-unsaturated/α-hetero) is 1. The fraction of sp³-hybridized carbons (Fsp3) is 0.346. The Kier molecular flexibility index (Phi) is 5.51. The van der Waals surface area contributed by atoms with Crippen molar-refractivity contribution in [2.75, 3.05) is 16.8 Å². The Balaban J connectivity index is 1.19. The van der Waals surface area contributed by atoms with Gasteiger partial charge in [0.15, 0.2) is 12.4 Å². The van der Waals surface area contributed by atoms with E-state index in [4.69, 9.17) is 4.74 Å². The van der Waals surface area contributed by atoms with Crippen LogP contribution in [0.25, 0.3) is 0 Å². The molecule has 1 saturated heterocycles. The number of nitrogens with zero attached hydrogens (tertiary/aromatic N) is 1. The summed E-state index contributed by atoms with van der Waals surface area (Å²) in [6, 6.07) is 12.5. The molecule has 5 rings (SSSR count). The van der Waals surface area contributed by atoms with E-state index in [0.717, 1.165) is 19.3 Å². The predicted octanol–water partition coefficient (Wildman–Crippen LogP) is 3.22. The molecule has 4 atom stereocenters. The van der Waals surface area contributed by atoms with Crippen LogP contribution in [-0.4, -0.2) is 36.1 Å². The van der Waals surface area contributed by atoms with E-state index in [1.807, 2.05) is 0 Å². The zero-order valence-corrected chi connectivity index (χ0v) is 18.7. The van der Waals surface area contributed by atoms with Crippen molar-refractivity contribution in [3.05, 3.63) is 59.7 Å². The highest BCUT2D eigenvalue weighted by Crippen LogP contribution is 2.56. The van der Waals surface area contributed by atoms with Crippen LogP contribution < -0.4 is 10.2 Å². The topological polar surface area (TPSA) is 110 Å². The van der Waals surface area contributed by atoms with Gasteiger partial charge in [-0.05, 0) is 74.4 Å². The fourth-order valence-electron chi connectivity index (χ4n) is 5.64. The molecule has 1 N–H and O–H groups in total. The number of hydrogen-bond acceptors (Lipinski definition) is 6. The molecule has 2 aliphatic carbocycles. The highest BCUT2D eigenvalue weighted by Gasteiger charge is 2.61. The lowest BCUT2D eigenvalue weighted by atomic mass is 9.81. The summed E-state index contributed by atoms with van der Waals surface area (Å²) in [6.07, 6.45) is 3.00. The van der Waals surface area contributed by atoms with Crippen molar-refractivity contribution in [2.45, 2.75) is 26.2 Å². The number of hydrogen-bond donors (Lipinski definition) is 1. The maximum Gasteiger partial charge on any atom is 0.338 e. The summed E-state index contributed by atoms with van der Waals surface area (Å²) < 4.78 is 5.08. The van der Waals surface area contributed by atoms with Gasteiger partial charge in [-0.25, -0.2) is 4.79 Å². The summed E-state index contributed by atoms with van der Waals surface area (Å²) in [5.41, 5.74) is 1.54. The van der Waals surface area contributed by atoms with E-state index in [-0.39, 0.29) is 35.0 Å². The highest BCUT2D eigenvalue weighted by molar-refractivity contribution is 6.22. The van der Waals surface area contributed by atoms with E-state index < -0.39 is 18.5 Å². The number of carbonyl (C=O) groups excluding carboxylic acids is 5. The van der Waals surface area contributed by atoms with Crippen molar-refractivity contribution in [3.8, 4) is 0 Å². The quantitative estimate of drug-likeness (QED) is 0.403. The summed E-state index contributed by atoms with van der Waals surface area (Å²) in [5.74, 6) is -1.43. The molecule has 3 aliphatic rings. The number of nitrogens with one attached hydrogen (secondary N) is 1. The average molecular weight is 460 g/mol. The van der Waals surface area contributed by atoms with Crippen molar-refractivity contribution < 1.29 is 28.7 Å². The van der Waals surface area contributed by atoms with Crippen LogP contribution in [0.2, 0.25) is 0 Å². The van der Waals surface area contributed by atoms with Gasteiger partial charge < -0.3 is 10.1 Å². The first kappa shape index (κ1) is 22.0. The molecular formula is C26H24N2O6. The van der Waals surface area contributed by atoms with Gasteiger partial charge in [-0.2, -0.15) is 0 Å². The van der Waals surface area contributed by atoms with Gasteiger partial charge in [0.25, 0.3) is 5.91 Å². The van der Waals surface area contributed by atoms with E-state index in [1.165, 1.54) is 24.0 Å². The lowest BCUT2D eigenvalue weighted by Crippen LogP contribution is -2.32. The summed E-state index contributed by atoms with van der Waals surface area (Å²) >= 11 is 0. The summed E-state index contributed by atoms with van der Waals surface area (Å²) in [6.45, 7) is 0.930. The van der Waals surface area contributed by atoms with Gasteiger partial charge in [0, 0.05) is 11.3 Å². The lowest BCUT2D eigenvalue weighted by Gasteiger charge is -2.19. The normalized spacial score (nSPS) is 24.8. The first-order valence-corrected chi connectivity index (χ1v) is 11.4. The Labute approximate surface area is 196 Å². The van der Waals surface area contributed by atoms with E-state index in [9.17, 15) is 24.0 Å². The largest absolute Gasteiger partial charge is 0.452 e. The number of esters is 1. The minimum Gasteiger partial charge on any atom is -0.452 e. The number of carbonyl (C=O) groups is 5. The Morgan fingerprint density at radius 2 is 1.59 bits per heavy atom. The van der Waals surface area contributed by atoms with E-state index >= 15 is 0 Å². The molecule has 0 radical (unpaired) electrons. The smallest absolute Gasteiger partial charge is 0.338 e. The second kappa shape index (κ2) is 8.52. The molecule has 8 heteroatoms. The maximum atomic E-state index is 12.9. The molecule has 1 heterocycles. The first-order valence-electron chi connectivity index (χ1n) is 11.4. The van der Waals surface area contributed by atoms with Gasteiger partial charge in [-0.1, -0.05) is 12.1 Å². The molecule has 34 heavy (non-hydrogen) atoms. The summed E-state index contributed by atoms with van der Waals surface area (Å²) in [7, 11) is 0. The molecule has 1 aliphatic heterocycles. The minimum atomic E-state index is -0.701. The molecule has 8 nitrogen and oxygen atoms in total. The van der Waals surface area contributed by atoms with E-state index in [1.54, 1.807) is 36.4 Å². The van der Waals surface area contributed by atoms with Gasteiger partial charge in [-0.15, -0.1) is 0 Å². The molecule has 0 unspecified atom stereocenters. The zero-order valence-electron chi connectivity index (χ0n) is 18.7. The number of ketones is 1. The molecule has 0 spiro atoms. The molecule has 3 fully saturated rings. The molecule has 2 bridgehead atoms. The van der Waals surface area contributed by atoms with Crippen LogP contribution in [0.1, 0.15) is 46.9 Å². The molecule has 3 amide bonds.